The van der Waals surface area contributed by atoms with Crippen molar-refractivity contribution in [2.75, 3.05) is 0 Å². The SMILES string of the molecule is Cc1cc(OC(F)(F)F)nc(C(=O)O)c1CN. The van der Waals surface area contributed by atoms with E-state index in [4.69, 9.17) is 10.8 Å². The summed E-state index contributed by atoms with van der Waals surface area (Å²) in [5.41, 5.74) is 5.21. The molecule has 17 heavy (non-hydrogen) atoms. The molecule has 1 heterocycles. The van der Waals surface area contributed by atoms with Crippen LogP contribution in [-0.4, -0.2) is 22.4 Å². The molecular formula is C9H9F3N2O3. The monoisotopic (exact) mass is 250 g/mol. The maximum Gasteiger partial charge on any atom is 0.574 e. The number of pyridine rings is 1. The lowest BCUT2D eigenvalue weighted by Crippen LogP contribution is -2.20. The summed E-state index contributed by atoms with van der Waals surface area (Å²) in [4.78, 5) is 14.1. The van der Waals surface area contributed by atoms with Crippen molar-refractivity contribution in [2.45, 2.75) is 19.8 Å². The van der Waals surface area contributed by atoms with Crippen LogP contribution in [-0.2, 0) is 6.54 Å². The maximum atomic E-state index is 12.0. The molecule has 0 amide bonds. The lowest BCUT2D eigenvalue weighted by Gasteiger charge is -2.12. The molecule has 1 aromatic rings. The zero-order chi connectivity index (χ0) is 13.2. The van der Waals surface area contributed by atoms with Gasteiger partial charge < -0.3 is 15.6 Å². The van der Waals surface area contributed by atoms with Gasteiger partial charge in [0, 0.05) is 18.2 Å². The van der Waals surface area contributed by atoms with Crippen molar-refractivity contribution in [3.05, 3.63) is 22.9 Å². The van der Waals surface area contributed by atoms with Gasteiger partial charge in [-0.25, -0.2) is 9.78 Å². The average molecular weight is 250 g/mol. The summed E-state index contributed by atoms with van der Waals surface area (Å²) in [6.45, 7) is 1.30. The Bertz CT molecular complexity index is 446. The highest BCUT2D eigenvalue weighted by molar-refractivity contribution is 5.87. The minimum absolute atomic E-state index is 0.132. The van der Waals surface area contributed by atoms with Gasteiger partial charge in [-0.05, 0) is 12.5 Å². The molecule has 1 rings (SSSR count). The molecule has 3 N–H and O–H groups in total. The number of aromatic carboxylic acids is 1. The topological polar surface area (TPSA) is 85.4 Å². The first-order chi connectivity index (χ1) is 7.74. The molecule has 0 unspecified atom stereocenters. The predicted molar refractivity (Wildman–Crippen MR) is 50.5 cm³/mol. The Balaban J connectivity index is 3.25. The molecule has 1 aromatic heterocycles. The van der Waals surface area contributed by atoms with Crippen LogP contribution in [0.4, 0.5) is 13.2 Å². The van der Waals surface area contributed by atoms with Gasteiger partial charge in [0.15, 0.2) is 5.69 Å². The molecular weight excluding hydrogens is 241 g/mol. The average Bonchev–Trinajstić information content (AvgIpc) is 2.13. The van der Waals surface area contributed by atoms with Crippen molar-refractivity contribution in [2.24, 2.45) is 5.73 Å². The number of hydrogen-bond acceptors (Lipinski definition) is 4. The van der Waals surface area contributed by atoms with E-state index in [1.54, 1.807) is 0 Å². The van der Waals surface area contributed by atoms with E-state index in [9.17, 15) is 18.0 Å². The zero-order valence-electron chi connectivity index (χ0n) is 8.71. The van der Waals surface area contributed by atoms with Gasteiger partial charge in [0.2, 0.25) is 5.88 Å². The van der Waals surface area contributed by atoms with E-state index in [0.29, 0.717) is 0 Å². The van der Waals surface area contributed by atoms with Crippen LogP contribution in [0.15, 0.2) is 6.07 Å². The zero-order valence-corrected chi connectivity index (χ0v) is 8.71. The van der Waals surface area contributed by atoms with Crippen molar-refractivity contribution < 1.29 is 27.8 Å². The fourth-order valence-electron chi connectivity index (χ4n) is 1.27. The van der Waals surface area contributed by atoms with E-state index in [1.807, 2.05) is 0 Å². The van der Waals surface area contributed by atoms with Gasteiger partial charge in [0.25, 0.3) is 0 Å². The number of ether oxygens (including phenoxy) is 1. The predicted octanol–water partition coefficient (Wildman–Crippen LogP) is 1.45. The second kappa shape index (κ2) is 4.58. The lowest BCUT2D eigenvalue weighted by molar-refractivity contribution is -0.276. The molecule has 0 fully saturated rings. The van der Waals surface area contributed by atoms with Gasteiger partial charge in [0.05, 0.1) is 0 Å². The number of aryl methyl sites for hydroxylation is 1. The Morgan fingerprint density at radius 3 is 2.59 bits per heavy atom. The Hall–Kier alpha value is -1.83. The molecule has 0 radical (unpaired) electrons. The Morgan fingerprint density at radius 1 is 1.59 bits per heavy atom. The van der Waals surface area contributed by atoms with Crippen LogP contribution in [0.1, 0.15) is 21.6 Å². The normalized spacial score (nSPS) is 11.4. The van der Waals surface area contributed by atoms with Gasteiger partial charge in [-0.2, -0.15) is 0 Å². The molecule has 0 aliphatic heterocycles. The first-order valence-electron chi connectivity index (χ1n) is 4.44. The van der Waals surface area contributed by atoms with Crippen LogP contribution in [0.2, 0.25) is 0 Å². The smallest absolute Gasteiger partial charge is 0.476 e. The quantitative estimate of drug-likeness (QED) is 0.847. The highest BCUT2D eigenvalue weighted by Crippen LogP contribution is 2.24. The molecule has 94 valence electrons. The number of halogens is 3. The third kappa shape index (κ3) is 3.31. The van der Waals surface area contributed by atoms with Crippen molar-refractivity contribution in [3.63, 3.8) is 0 Å². The molecule has 0 saturated carbocycles. The number of nitrogens with zero attached hydrogens (tertiary/aromatic N) is 1. The Labute approximate surface area is 94.0 Å². The van der Waals surface area contributed by atoms with Gasteiger partial charge in [-0.15, -0.1) is 13.2 Å². The van der Waals surface area contributed by atoms with E-state index >= 15 is 0 Å². The van der Waals surface area contributed by atoms with Gasteiger partial charge in [0.1, 0.15) is 0 Å². The molecule has 0 spiro atoms. The van der Waals surface area contributed by atoms with Crippen LogP contribution in [0.3, 0.4) is 0 Å². The Morgan fingerprint density at radius 2 is 2.18 bits per heavy atom. The summed E-state index contributed by atoms with van der Waals surface area (Å²) in [7, 11) is 0. The van der Waals surface area contributed by atoms with E-state index in [1.165, 1.54) is 6.92 Å². The summed E-state index contributed by atoms with van der Waals surface area (Å²) in [5.74, 6) is -2.27. The summed E-state index contributed by atoms with van der Waals surface area (Å²) < 4.78 is 39.4. The van der Waals surface area contributed by atoms with Crippen molar-refractivity contribution in [3.8, 4) is 5.88 Å². The number of carboxylic acids is 1. The van der Waals surface area contributed by atoms with Gasteiger partial charge >= 0.3 is 12.3 Å². The molecule has 8 heteroatoms. The second-order valence-electron chi connectivity index (χ2n) is 3.16. The molecule has 0 saturated heterocycles. The minimum atomic E-state index is -4.92. The number of carbonyl (C=O) groups is 1. The number of aromatic nitrogens is 1. The van der Waals surface area contributed by atoms with Crippen LogP contribution < -0.4 is 10.5 Å². The van der Waals surface area contributed by atoms with Gasteiger partial charge in [-0.1, -0.05) is 0 Å². The number of rotatable bonds is 3. The van der Waals surface area contributed by atoms with E-state index in [-0.39, 0.29) is 17.7 Å². The van der Waals surface area contributed by atoms with Crippen molar-refractivity contribution >= 4 is 5.97 Å². The lowest BCUT2D eigenvalue weighted by atomic mass is 10.1. The maximum absolute atomic E-state index is 12.0. The van der Waals surface area contributed by atoms with Crippen LogP contribution >= 0.6 is 0 Å². The molecule has 0 atom stereocenters. The number of nitrogens with two attached hydrogens (primary N) is 1. The second-order valence-corrected chi connectivity index (χ2v) is 3.16. The third-order valence-corrected chi connectivity index (χ3v) is 1.95. The van der Waals surface area contributed by atoms with Crippen molar-refractivity contribution in [1.29, 1.82) is 0 Å². The summed E-state index contributed by atoms with van der Waals surface area (Å²) in [6, 6.07) is 0.988. The molecule has 5 nitrogen and oxygen atoms in total. The molecule has 0 aliphatic carbocycles. The molecule has 0 bridgehead atoms. The summed E-state index contributed by atoms with van der Waals surface area (Å²) >= 11 is 0. The highest BCUT2D eigenvalue weighted by atomic mass is 19.4. The summed E-state index contributed by atoms with van der Waals surface area (Å²) in [6.07, 6.45) is -4.92. The first kappa shape index (κ1) is 13.2. The van der Waals surface area contributed by atoms with Crippen LogP contribution in [0, 0.1) is 6.92 Å². The Kier molecular flexibility index (Phi) is 3.56. The van der Waals surface area contributed by atoms with E-state index in [0.717, 1.165) is 6.07 Å². The number of carboxylic acid groups (broad SMARTS) is 1. The molecule has 0 aromatic carbocycles. The van der Waals surface area contributed by atoms with E-state index < -0.39 is 23.9 Å². The van der Waals surface area contributed by atoms with Crippen LogP contribution in [0.25, 0.3) is 0 Å². The molecule has 0 aliphatic rings. The highest BCUT2D eigenvalue weighted by Gasteiger charge is 2.32. The summed E-state index contributed by atoms with van der Waals surface area (Å²) in [5, 5.41) is 8.79. The fourth-order valence-corrected chi connectivity index (χ4v) is 1.27. The first-order valence-corrected chi connectivity index (χ1v) is 4.44. The third-order valence-electron chi connectivity index (χ3n) is 1.95. The van der Waals surface area contributed by atoms with E-state index in [2.05, 4.69) is 9.72 Å². The van der Waals surface area contributed by atoms with Crippen LogP contribution in [0.5, 0.6) is 5.88 Å². The number of hydrogen-bond donors (Lipinski definition) is 2. The van der Waals surface area contributed by atoms with Crippen molar-refractivity contribution in [1.82, 2.24) is 4.98 Å². The number of alkyl halides is 3. The fraction of sp³-hybridized carbons (Fsp3) is 0.333. The standard InChI is InChI=1S/C9H9F3N2O3/c1-4-2-6(17-9(10,11)12)14-7(8(15)16)5(4)3-13/h2H,3,13H2,1H3,(H,15,16). The largest absolute Gasteiger partial charge is 0.574 e. The van der Waals surface area contributed by atoms with Gasteiger partial charge in [-0.3, -0.25) is 0 Å². The minimum Gasteiger partial charge on any atom is -0.476 e.